The molecule has 0 aromatic carbocycles. The zero-order valence-corrected chi connectivity index (χ0v) is 5.92. The molecule has 5 nitrogen and oxygen atoms in total. The quantitative estimate of drug-likeness (QED) is 0.343. The van der Waals surface area contributed by atoms with Gasteiger partial charge in [0.25, 0.3) is 0 Å². The van der Waals surface area contributed by atoms with Gasteiger partial charge in [-0.05, 0) is 0 Å². The Hall–Kier alpha value is -0.200. The van der Waals surface area contributed by atoms with Crippen molar-refractivity contribution in [2.24, 2.45) is 0 Å². The summed E-state index contributed by atoms with van der Waals surface area (Å²) in [7, 11) is 0. The van der Waals surface area contributed by atoms with Gasteiger partial charge in [0.05, 0.1) is 13.2 Å². The molecule has 5 heteroatoms. The molecule has 66 valence electrons. The molecule has 1 rings (SSSR count). The average Bonchev–Trinajstić information content (AvgIpc) is 2.01. The molecule has 0 unspecified atom stereocenters. The number of ether oxygens (including phenoxy) is 1. The lowest BCUT2D eigenvalue weighted by Gasteiger charge is -2.34. The Balaban J connectivity index is 2.52. The van der Waals surface area contributed by atoms with Crippen LogP contribution in [0.15, 0.2) is 0 Å². The Bertz CT molecular complexity index is 126. The second-order valence-electron chi connectivity index (χ2n) is 2.60. The van der Waals surface area contributed by atoms with E-state index in [0.717, 1.165) is 0 Å². The van der Waals surface area contributed by atoms with E-state index < -0.39 is 24.4 Å². The van der Waals surface area contributed by atoms with Gasteiger partial charge in [0.2, 0.25) is 0 Å². The van der Waals surface area contributed by atoms with Crippen molar-refractivity contribution in [3.63, 3.8) is 0 Å². The summed E-state index contributed by atoms with van der Waals surface area (Å²) in [5, 5.41) is 35.7. The monoisotopic (exact) mass is 164 g/mol. The fraction of sp³-hybridized carbons (Fsp3) is 1.00. The molecule has 0 aliphatic carbocycles. The highest BCUT2D eigenvalue weighted by Gasteiger charge is 2.36. The number of rotatable bonds is 1. The van der Waals surface area contributed by atoms with E-state index in [4.69, 9.17) is 25.2 Å². The van der Waals surface area contributed by atoms with Crippen LogP contribution in [0.3, 0.4) is 0 Å². The number of hydrogen-bond donors (Lipinski definition) is 4. The fourth-order valence-electron chi connectivity index (χ4n) is 1.03. The van der Waals surface area contributed by atoms with Crippen molar-refractivity contribution in [2.75, 3.05) is 13.2 Å². The largest absolute Gasteiger partial charge is 0.394 e. The van der Waals surface area contributed by atoms with E-state index in [0.29, 0.717) is 0 Å². The Morgan fingerprint density at radius 2 is 1.82 bits per heavy atom. The van der Waals surface area contributed by atoms with Crippen LogP contribution in [-0.4, -0.2) is 58.1 Å². The van der Waals surface area contributed by atoms with Gasteiger partial charge in [-0.25, -0.2) is 0 Å². The Morgan fingerprint density at radius 3 is 2.36 bits per heavy atom. The Labute approximate surface area is 63.8 Å². The highest BCUT2D eigenvalue weighted by Crippen LogP contribution is 2.14. The van der Waals surface area contributed by atoms with Gasteiger partial charge in [0.1, 0.15) is 24.4 Å². The first-order valence-electron chi connectivity index (χ1n) is 3.43. The van der Waals surface area contributed by atoms with Crippen LogP contribution in [0.4, 0.5) is 0 Å². The second-order valence-corrected chi connectivity index (χ2v) is 2.60. The lowest BCUT2D eigenvalue weighted by molar-refractivity contribution is -0.195. The van der Waals surface area contributed by atoms with Gasteiger partial charge in [0.15, 0.2) is 0 Å². The van der Waals surface area contributed by atoms with E-state index in [1.807, 2.05) is 0 Å². The second kappa shape index (κ2) is 3.46. The summed E-state index contributed by atoms with van der Waals surface area (Å²) < 4.78 is 4.81. The van der Waals surface area contributed by atoms with Gasteiger partial charge >= 0.3 is 0 Å². The van der Waals surface area contributed by atoms with Crippen LogP contribution < -0.4 is 0 Å². The third kappa shape index (κ3) is 1.69. The van der Waals surface area contributed by atoms with Gasteiger partial charge < -0.3 is 25.2 Å². The van der Waals surface area contributed by atoms with Crippen LogP contribution in [0, 0.1) is 0 Å². The Morgan fingerprint density at radius 1 is 1.18 bits per heavy atom. The average molecular weight is 164 g/mol. The standard InChI is InChI=1S/C6H12O5/c7-1-4-6(10)5(9)3(8)2-11-4/h3-10H,1-2H2/t3-,4-,5+,6+/m1/s1. The topological polar surface area (TPSA) is 90.2 Å². The van der Waals surface area contributed by atoms with Gasteiger partial charge in [-0.15, -0.1) is 0 Å². The van der Waals surface area contributed by atoms with E-state index in [-0.39, 0.29) is 13.2 Å². The molecular weight excluding hydrogens is 152 g/mol. The smallest absolute Gasteiger partial charge is 0.111 e. The van der Waals surface area contributed by atoms with E-state index in [9.17, 15) is 0 Å². The van der Waals surface area contributed by atoms with Crippen molar-refractivity contribution in [1.29, 1.82) is 0 Å². The summed E-state index contributed by atoms with van der Waals surface area (Å²) in [6.07, 6.45) is -4.27. The predicted molar refractivity (Wildman–Crippen MR) is 34.8 cm³/mol. The summed E-state index contributed by atoms with van der Waals surface area (Å²) in [5.74, 6) is 0. The van der Waals surface area contributed by atoms with Crippen molar-refractivity contribution in [2.45, 2.75) is 24.4 Å². The third-order valence-corrected chi connectivity index (χ3v) is 1.79. The minimum atomic E-state index is -1.22. The lowest BCUT2D eigenvalue weighted by Crippen LogP contribution is -2.53. The first-order valence-corrected chi connectivity index (χ1v) is 3.43. The first kappa shape index (κ1) is 8.89. The molecule has 1 aliphatic rings. The molecule has 1 aliphatic heterocycles. The molecule has 0 aromatic rings. The molecule has 4 atom stereocenters. The van der Waals surface area contributed by atoms with Crippen molar-refractivity contribution < 1.29 is 25.2 Å². The van der Waals surface area contributed by atoms with Crippen LogP contribution in [0.25, 0.3) is 0 Å². The maximum Gasteiger partial charge on any atom is 0.111 e. The van der Waals surface area contributed by atoms with Crippen molar-refractivity contribution in [1.82, 2.24) is 0 Å². The molecule has 0 aromatic heterocycles. The lowest BCUT2D eigenvalue weighted by atomic mass is 10.0. The minimum Gasteiger partial charge on any atom is -0.394 e. The molecule has 0 bridgehead atoms. The van der Waals surface area contributed by atoms with Crippen molar-refractivity contribution in [3.05, 3.63) is 0 Å². The molecule has 11 heavy (non-hydrogen) atoms. The Kier molecular flexibility index (Phi) is 2.80. The van der Waals surface area contributed by atoms with Crippen LogP contribution in [0.2, 0.25) is 0 Å². The first-order chi connectivity index (χ1) is 5.16. The van der Waals surface area contributed by atoms with Crippen LogP contribution in [0.5, 0.6) is 0 Å². The van der Waals surface area contributed by atoms with Crippen molar-refractivity contribution >= 4 is 0 Å². The normalized spacial score (nSPS) is 45.8. The summed E-state index contributed by atoms with van der Waals surface area (Å²) in [6.45, 7) is -0.408. The van der Waals surface area contributed by atoms with E-state index >= 15 is 0 Å². The van der Waals surface area contributed by atoms with Crippen molar-refractivity contribution in [3.8, 4) is 0 Å². The zero-order chi connectivity index (χ0) is 8.43. The van der Waals surface area contributed by atoms with E-state index in [1.54, 1.807) is 0 Å². The maximum atomic E-state index is 9.11. The molecule has 4 N–H and O–H groups in total. The van der Waals surface area contributed by atoms with Crippen LogP contribution >= 0.6 is 0 Å². The molecule has 1 saturated heterocycles. The number of aliphatic hydroxyl groups excluding tert-OH is 4. The summed E-state index contributed by atoms with van der Waals surface area (Å²) in [6, 6.07) is 0. The van der Waals surface area contributed by atoms with E-state index in [1.165, 1.54) is 0 Å². The third-order valence-electron chi connectivity index (χ3n) is 1.79. The number of aliphatic hydroxyl groups is 4. The molecule has 0 saturated carbocycles. The molecule has 1 heterocycles. The van der Waals surface area contributed by atoms with E-state index in [2.05, 4.69) is 0 Å². The summed E-state index contributed by atoms with van der Waals surface area (Å²) in [5.41, 5.74) is 0. The van der Waals surface area contributed by atoms with Gasteiger partial charge in [-0.2, -0.15) is 0 Å². The summed E-state index contributed by atoms with van der Waals surface area (Å²) >= 11 is 0. The molecule has 1 fully saturated rings. The number of hydrogen-bond acceptors (Lipinski definition) is 5. The predicted octanol–water partition coefficient (Wildman–Crippen LogP) is -2.54. The van der Waals surface area contributed by atoms with Gasteiger partial charge in [0, 0.05) is 0 Å². The highest BCUT2D eigenvalue weighted by molar-refractivity contribution is 4.85. The minimum absolute atomic E-state index is 0.0521. The maximum absolute atomic E-state index is 9.11. The van der Waals surface area contributed by atoms with Gasteiger partial charge in [-0.3, -0.25) is 0 Å². The summed E-state index contributed by atoms with van der Waals surface area (Å²) in [4.78, 5) is 0. The van der Waals surface area contributed by atoms with Crippen LogP contribution in [-0.2, 0) is 4.74 Å². The zero-order valence-electron chi connectivity index (χ0n) is 5.92. The molecule has 0 spiro atoms. The SMILES string of the molecule is OC[C@H]1OC[C@@H](O)[C@H](O)[C@H]1O. The molecule has 0 radical (unpaired) electrons. The highest BCUT2D eigenvalue weighted by atomic mass is 16.5. The van der Waals surface area contributed by atoms with Gasteiger partial charge in [-0.1, -0.05) is 0 Å². The molecular formula is C6H12O5. The van der Waals surface area contributed by atoms with Crippen LogP contribution in [0.1, 0.15) is 0 Å². The molecule has 0 amide bonds. The fourth-order valence-corrected chi connectivity index (χ4v) is 1.03.